The Bertz CT molecular complexity index is 80.0. The molecule has 0 heterocycles. The first-order valence-corrected chi connectivity index (χ1v) is 3.99. The van der Waals surface area contributed by atoms with E-state index in [0.717, 1.165) is 0 Å². The van der Waals surface area contributed by atoms with Crippen LogP contribution in [0.25, 0.3) is 0 Å². The van der Waals surface area contributed by atoms with Gasteiger partial charge in [0.2, 0.25) is 0 Å². The first kappa shape index (κ1) is 8.74. The summed E-state index contributed by atoms with van der Waals surface area (Å²) in [6, 6.07) is 0. The van der Waals surface area contributed by atoms with E-state index in [2.05, 4.69) is 26.8 Å². The van der Waals surface area contributed by atoms with Gasteiger partial charge in [-0.15, -0.1) is 0 Å². The summed E-state index contributed by atoms with van der Waals surface area (Å²) < 4.78 is 0. The van der Waals surface area contributed by atoms with Crippen LogP contribution < -0.4 is 0 Å². The summed E-state index contributed by atoms with van der Waals surface area (Å²) in [5.41, 5.74) is 1.61. The second-order valence-corrected chi connectivity index (χ2v) is 2.40. The first-order chi connectivity index (χ1) is 4.35. The topological polar surface area (TPSA) is 0 Å². The van der Waals surface area contributed by atoms with Crippen LogP contribution in [0, 0.1) is 0 Å². The van der Waals surface area contributed by atoms with E-state index in [-0.39, 0.29) is 0 Å². The highest BCUT2D eigenvalue weighted by molar-refractivity contribution is 4.98. The lowest BCUT2D eigenvalue weighted by molar-refractivity contribution is 0.765. The lowest BCUT2D eigenvalue weighted by atomic mass is 10.1. The monoisotopic (exact) mass is 126 g/mol. The zero-order valence-corrected chi connectivity index (χ0v) is 6.91. The van der Waals surface area contributed by atoms with Gasteiger partial charge in [0.05, 0.1) is 0 Å². The molecule has 54 valence electrons. The van der Waals surface area contributed by atoms with Crippen LogP contribution in [0.1, 0.15) is 46.5 Å². The molecule has 0 aliphatic rings. The zero-order chi connectivity index (χ0) is 7.11. The Morgan fingerprint density at radius 2 is 2.00 bits per heavy atom. The van der Waals surface area contributed by atoms with E-state index in [1.807, 2.05) is 0 Å². The lowest BCUT2D eigenvalue weighted by Crippen LogP contribution is -1.79. The number of unbranched alkanes of at least 4 members (excludes halogenated alkanes) is 1. The molecule has 0 rings (SSSR count). The van der Waals surface area contributed by atoms with Crippen molar-refractivity contribution in [3.63, 3.8) is 0 Å². The maximum absolute atomic E-state index is 2.25. The SMILES string of the molecule is C/C=C(/CC)CCCC. The van der Waals surface area contributed by atoms with Crippen LogP contribution in [-0.2, 0) is 0 Å². The second-order valence-electron chi connectivity index (χ2n) is 2.40. The minimum absolute atomic E-state index is 1.23. The molecule has 0 aliphatic heterocycles. The molecule has 0 aliphatic carbocycles. The van der Waals surface area contributed by atoms with Crippen LogP contribution in [0.3, 0.4) is 0 Å². The summed E-state index contributed by atoms with van der Waals surface area (Å²) in [5, 5.41) is 0. The molecule has 0 amide bonds. The lowest BCUT2D eigenvalue weighted by Gasteiger charge is -1.99. The standard InChI is InChI=1S/C9H18/c1-4-7-8-9(5-2)6-3/h5H,4,6-8H2,1-3H3/b9-5-. The highest BCUT2D eigenvalue weighted by Gasteiger charge is 1.89. The molecule has 0 radical (unpaired) electrons. The summed E-state index contributed by atoms with van der Waals surface area (Å²) in [7, 11) is 0. The third-order valence-electron chi connectivity index (χ3n) is 1.71. The van der Waals surface area contributed by atoms with Crippen LogP contribution in [0.15, 0.2) is 11.6 Å². The fourth-order valence-corrected chi connectivity index (χ4v) is 0.929. The van der Waals surface area contributed by atoms with E-state index in [9.17, 15) is 0 Å². The van der Waals surface area contributed by atoms with E-state index < -0.39 is 0 Å². The van der Waals surface area contributed by atoms with Gasteiger partial charge in [0.1, 0.15) is 0 Å². The second kappa shape index (κ2) is 5.87. The van der Waals surface area contributed by atoms with Crippen molar-refractivity contribution in [2.24, 2.45) is 0 Å². The molecule has 0 aromatic carbocycles. The molecule has 0 heteroatoms. The van der Waals surface area contributed by atoms with Gasteiger partial charge >= 0.3 is 0 Å². The zero-order valence-electron chi connectivity index (χ0n) is 6.91. The van der Waals surface area contributed by atoms with Crippen molar-refractivity contribution in [1.82, 2.24) is 0 Å². The van der Waals surface area contributed by atoms with E-state index in [1.165, 1.54) is 25.7 Å². The quantitative estimate of drug-likeness (QED) is 0.505. The van der Waals surface area contributed by atoms with Crippen molar-refractivity contribution >= 4 is 0 Å². The fraction of sp³-hybridized carbons (Fsp3) is 0.778. The molecule has 0 bridgehead atoms. The molecule has 0 fully saturated rings. The summed E-state index contributed by atoms with van der Waals surface area (Å²) >= 11 is 0. The van der Waals surface area contributed by atoms with Gasteiger partial charge in [-0.1, -0.05) is 31.9 Å². The maximum Gasteiger partial charge on any atom is -0.0321 e. The highest BCUT2D eigenvalue weighted by Crippen LogP contribution is 2.09. The molecule has 9 heavy (non-hydrogen) atoms. The van der Waals surface area contributed by atoms with Crippen LogP contribution in [0.4, 0.5) is 0 Å². The number of allylic oxidation sites excluding steroid dienone is 2. The molecule has 0 aromatic rings. The molecular weight excluding hydrogens is 108 g/mol. The van der Waals surface area contributed by atoms with Crippen LogP contribution in [-0.4, -0.2) is 0 Å². The molecule has 0 nitrogen and oxygen atoms in total. The average Bonchev–Trinajstić information content (AvgIpc) is 1.91. The molecular formula is C9H18. The minimum atomic E-state index is 1.23. The predicted octanol–water partition coefficient (Wildman–Crippen LogP) is 3.53. The summed E-state index contributed by atoms with van der Waals surface area (Å²) in [6.07, 6.45) is 7.46. The Labute approximate surface area is 59.0 Å². The first-order valence-electron chi connectivity index (χ1n) is 3.99. The van der Waals surface area contributed by atoms with Gasteiger partial charge in [-0.05, 0) is 26.2 Å². The van der Waals surface area contributed by atoms with Crippen molar-refractivity contribution in [2.45, 2.75) is 46.5 Å². The van der Waals surface area contributed by atoms with Crippen LogP contribution >= 0.6 is 0 Å². The molecule has 0 N–H and O–H groups in total. The molecule has 0 aromatic heterocycles. The van der Waals surface area contributed by atoms with Gasteiger partial charge in [-0.3, -0.25) is 0 Å². The number of rotatable bonds is 4. The Balaban J connectivity index is 3.33. The Morgan fingerprint density at radius 3 is 2.33 bits per heavy atom. The average molecular weight is 126 g/mol. The van der Waals surface area contributed by atoms with E-state index in [0.29, 0.717) is 0 Å². The molecule has 0 saturated heterocycles. The minimum Gasteiger partial charge on any atom is -0.0885 e. The third-order valence-corrected chi connectivity index (χ3v) is 1.71. The Kier molecular flexibility index (Phi) is 5.70. The third kappa shape index (κ3) is 4.26. The smallest absolute Gasteiger partial charge is 0.0321 e. The summed E-state index contributed by atoms with van der Waals surface area (Å²) in [6.45, 7) is 6.60. The van der Waals surface area contributed by atoms with Crippen molar-refractivity contribution in [3.8, 4) is 0 Å². The van der Waals surface area contributed by atoms with Crippen LogP contribution in [0.5, 0.6) is 0 Å². The van der Waals surface area contributed by atoms with Crippen LogP contribution in [0.2, 0.25) is 0 Å². The normalized spacial score (nSPS) is 12.1. The van der Waals surface area contributed by atoms with Crippen molar-refractivity contribution < 1.29 is 0 Å². The molecule has 0 unspecified atom stereocenters. The van der Waals surface area contributed by atoms with Crippen molar-refractivity contribution in [3.05, 3.63) is 11.6 Å². The van der Waals surface area contributed by atoms with Gasteiger partial charge in [-0.2, -0.15) is 0 Å². The van der Waals surface area contributed by atoms with E-state index >= 15 is 0 Å². The van der Waals surface area contributed by atoms with Crippen molar-refractivity contribution in [2.75, 3.05) is 0 Å². The molecule has 0 spiro atoms. The van der Waals surface area contributed by atoms with E-state index in [4.69, 9.17) is 0 Å². The van der Waals surface area contributed by atoms with Gasteiger partial charge in [0, 0.05) is 0 Å². The van der Waals surface area contributed by atoms with E-state index in [1.54, 1.807) is 5.57 Å². The van der Waals surface area contributed by atoms with Gasteiger partial charge in [0.15, 0.2) is 0 Å². The maximum atomic E-state index is 2.25. The van der Waals surface area contributed by atoms with Gasteiger partial charge < -0.3 is 0 Å². The Morgan fingerprint density at radius 1 is 1.33 bits per heavy atom. The fourth-order valence-electron chi connectivity index (χ4n) is 0.929. The number of hydrogen-bond donors (Lipinski definition) is 0. The highest BCUT2D eigenvalue weighted by atomic mass is 14.0. The largest absolute Gasteiger partial charge is 0.0885 e. The Hall–Kier alpha value is -0.260. The van der Waals surface area contributed by atoms with Crippen molar-refractivity contribution in [1.29, 1.82) is 0 Å². The van der Waals surface area contributed by atoms with Gasteiger partial charge in [-0.25, -0.2) is 0 Å². The molecule has 0 saturated carbocycles. The summed E-state index contributed by atoms with van der Waals surface area (Å²) in [5.74, 6) is 0. The molecule has 0 atom stereocenters. The number of hydrogen-bond acceptors (Lipinski definition) is 0. The predicted molar refractivity (Wildman–Crippen MR) is 43.6 cm³/mol. The summed E-state index contributed by atoms with van der Waals surface area (Å²) in [4.78, 5) is 0. The van der Waals surface area contributed by atoms with Gasteiger partial charge in [0.25, 0.3) is 0 Å².